The van der Waals surface area contributed by atoms with E-state index in [1.165, 1.54) is 0 Å². The van der Waals surface area contributed by atoms with Gasteiger partial charge in [-0.15, -0.1) is 0 Å². The monoisotopic (exact) mass is 359 g/mol. The van der Waals surface area contributed by atoms with Gasteiger partial charge in [-0.25, -0.2) is 9.78 Å². The van der Waals surface area contributed by atoms with Crippen molar-refractivity contribution in [2.24, 2.45) is 0 Å². The second kappa shape index (κ2) is 6.43. The molecule has 4 rings (SSSR count). The number of fused-ring (bicyclic) bond motifs is 2. The average molecular weight is 359 g/mol. The summed E-state index contributed by atoms with van der Waals surface area (Å²) in [5.74, 6) is -0.933. The molecule has 5 heteroatoms. The van der Waals surface area contributed by atoms with E-state index < -0.39 is 5.97 Å². The lowest BCUT2D eigenvalue weighted by Gasteiger charge is -2.26. The molecule has 0 fully saturated rings. The zero-order valence-corrected chi connectivity index (χ0v) is 15.5. The molecule has 0 amide bonds. The SMILES string of the molecule is CC(C)N(C)c1cc2cc(C(=O)O)ccc2nc1-c1ccc2[nH]ccc2c1. The van der Waals surface area contributed by atoms with Crippen LogP contribution in [0.15, 0.2) is 54.7 Å². The van der Waals surface area contributed by atoms with Gasteiger partial charge in [-0.2, -0.15) is 0 Å². The van der Waals surface area contributed by atoms with E-state index in [4.69, 9.17) is 4.98 Å². The number of hydrogen-bond acceptors (Lipinski definition) is 3. The molecule has 0 aliphatic carbocycles. The number of benzene rings is 2. The molecule has 0 saturated carbocycles. The van der Waals surface area contributed by atoms with Crippen LogP contribution in [0.3, 0.4) is 0 Å². The van der Waals surface area contributed by atoms with Gasteiger partial charge in [0, 0.05) is 41.1 Å². The van der Waals surface area contributed by atoms with E-state index in [0.29, 0.717) is 0 Å². The largest absolute Gasteiger partial charge is 0.478 e. The molecule has 136 valence electrons. The van der Waals surface area contributed by atoms with Gasteiger partial charge >= 0.3 is 5.97 Å². The highest BCUT2D eigenvalue weighted by Crippen LogP contribution is 2.34. The summed E-state index contributed by atoms with van der Waals surface area (Å²) in [6, 6.07) is 15.7. The molecule has 0 spiro atoms. The van der Waals surface area contributed by atoms with Crippen LogP contribution >= 0.6 is 0 Å². The van der Waals surface area contributed by atoms with Gasteiger partial charge in [-0.1, -0.05) is 6.07 Å². The molecule has 0 bridgehead atoms. The molecular weight excluding hydrogens is 338 g/mol. The van der Waals surface area contributed by atoms with Crippen molar-refractivity contribution in [3.8, 4) is 11.3 Å². The van der Waals surface area contributed by atoms with Crippen LogP contribution in [0.2, 0.25) is 0 Å². The zero-order valence-electron chi connectivity index (χ0n) is 15.5. The second-order valence-corrected chi connectivity index (χ2v) is 7.05. The van der Waals surface area contributed by atoms with Gasteiger partial charge in [0.1, 0.15) is 0 Å². The number of carboxylic acids is 1. The third-order valence-electron chi connectivity index (χ3n) is 5.02. The molecule has 2 N–H and O–H groups in total. The van der Waals surface area contributed by atoms with Crippen LogP contribution in [0.5, 0.6) is 0 Å². The summed E-state index contributed by atoms with van der Waals surface area (Å²) in [6.45, 7) is 4.24. The van der Waals surface area contributed by atoms with E-state index in [1.54, 1.807) is 18.2 Å². The molecule has 4 aromatic rings. The van der Waals surface area contributed by atoms with Gasteiger partial charge in [0.05, 0.1) is 22.5 Å². The van der Waals surface area contributed by atoms with Gasteiger partial charge in [0.25, 0.3) is 0 Å². The molecule has 5 nitrogen and oxygen atoms in total. The van der Waals surface area contributed by atoms with E-state index >= 15 is 0 Å². The normalized spacial score (nSPS) is 11.4. The Kier molecular flexibility index (Phi) is 4.07. The zero-order chi connectivity index (χ0) is 19.1. The van der Waals surface area contributed by atoms with E-state index in [1.807, 2.05) is 25.4 Å². The molecule has 2 aromatic heterocycles. The fourth-order valence-corrected chi connectivity index (χ4v) is 3.26. The summed E-state index contributed by atoms with van der Waals surface area (Å²) in [7, 11) is 2.03. The number of carbonyl (C=O) groups is 1. The van der Waals surface area contributed by atoms with E-state index in [-0.39, 0.29) is 11.6 Å². The molecule has 27 heavy (non-hydrogen) atoms. The molecule has 2 heterocycles. The highest BCUT2D eigenvalue weighted by Gasteiger charge is 2.16. The Bertz CT molecular complexity index is 1160. The Balaban J connectivity index is 1.97. The number of hydrogen-bond donors (Lipinski definition) is 2. The minimum absolute atomic E-state index is 0.268. The highest BCUT2D eigenvalue weighted by atomic mass is 16.4. The van der Waals surface area contributed by atoms with E-state index in [2.05, 4.69) is 41.9 Å². The van der Waals surface area contributed by atoms with Crippen molar-refractivity contribution in [3.05, 3.63) is 60.3 Å². The lowest BCUT2D eigenvalue weighted by Crippen LogP contribution is -2.26. The van der Waals surface area contributed by atoms with Crippen LogP contribution in [0.1, 0.15) is 24.2 Å². The highest BCUT2D eigenvalue weighted by molar-refractivity contribution is 5.97. The fraction of sp³-hybridized carbons (Fsp3) is 0.182. The Morgan fingerprint density at radius 1 is 1.07 bits per heavy atom. The van der Waals surface area contributed by atoms with Crippen LogP contribution < -0.4 is 4.90 Å². The van der Waals surface area contributed by atoms with Gasteiger partial charge in [-0.3, -0.25) is 0 Å². The number of H-pyrrole nitrogens is 1. The lowest BCUT2D eigenvalue weighted by molar-refractivity contribution is 0.0697. The van der Waals surface area contributed by atoms with Crippen LogP contribution in [-0.4, -0.2) is 34.1 Å². The Morgan fingerprint density at radius 3 is 2.63 bits per heavy atom. The average Bonchev–Trinajstić information content (AvgIpc) is 3.13. The summed E-state index contributed by atoms with van der Waals surface area (Å²) in [4.78, 5) is 21.6. The van der Waals surface area contributed by atoms with Crippen LogP contribution in [0.25, 0.3) is 33.1 Å². The predicted molar refractivity (Wildman–Crippen MR) is 110 cm³/mol. The first-order valence-electron chi connectivity index (χ1n) is 8.92. The van der Waals surface area contributed by atoms with Gasteiger partial charge in [-0.05, 0) is 56.3 Å². The standard InChI is InChI=1S/C22H21N3O2/c1-13(2)25(3)20-12-17-11-16(22(26)27)5-7-19(17)24-21(20)15-4-6-18-14(10-15)8-9-23-18/h4-13,23H,1-3H3,(H,26,27). The third-order valence-corrected chi connectivity index (χ3v) is 5.02. The number of nitrogens with one attached hydrogen (secondary N) is 1. The molecule has 0 saturated heterocycles. The van der Waals surface area contributed by atoms with Crippen molar-refractivity contribution in [1.29, 1.82) is 0 Å². The van der Waals surface area contributed by atoms with Crippen LogP contribution in [0, 0.1) is 0 Å². The van der Waals surface area contributed by atoms with Gasteiger partial charge < -0.3 is 15.0 Å². The Labute approximate surface area is 157 Å². The van der Waals surface area contributed by atoms with E-state index in [0.717, 1.165) is 38.8 Å². The summed E-state index contributed by atoms with van der Waals surface area (Å²) in [6.07, 6.45) is 1.93. The van der Waals surface area contributed by atoms with Crippen molar-refractivity contribution in [2.45, 2.75) is 19.9 Å². The van der Waals surface area contributed by atoms with Crippen LogP contribution in [-0.2, 0) is 0 Å². The van der Waals surface area contributed by atoms with Crippen molar-refractivity contribution in [1.82, 2.24) is 9.97 Å². The van der Waals surface area contributed by atoms with Gasteiger partial charge in [0.15, 0.2) is 0 Å². The maximum Gasteiger partial charge on any atom is 0.335 e. The summed E-state index contributed by atoms with van der Waals surface area (Å²) >= 11 is 0. The second-order valence-electron chi connectivity index (χ2n) is 7.05. The van der Waals surface area contributed by atoms with Crippen molar-refractivity contribution < 1.29 is 9.90 Å². The molecule has 0 aliphatic rings. The minimum atomic E-state index is -0.933. The summed E-state index contributed by atoms with van der Waals surface area (Å²) in [5.41, 5.74) is 5.05. The number of nitrogens with zero attached hydrogens (tertiary/aromatic N) is 2. The van der Waals surface area contributed by atoms with Crippen molar-refractivity contribution >= 4 is 33.5 Å². The first-order valence-corrected chi connectivity index (χ1v) is 8.92. The number of aromatic amines is 1. The predicted octanol–water partition coefficient (Wildman–Crippen LogP) is 4.93. The van der Waals surface area contributed by atoms with E-state index in [9.17, 15) is 9.90 Å². The van der Waals surface area contributed by atoms with Crippen LogP contribution in [0.4, 0.5) is 5.69 Å². The molecule has 2 aromatic carbocycles. The quantitative estimate of drug-likeness (QED) is 0.542. The Hall–Kier alpha value is -3.34. The molecular formula is C22H21N3O2. The molecule has 0 atom stereocenters. The first kappa shape index (κ1) is 17.1. The van der Waals surface area contributed by atoms with Crippen molar-refractivity contribution in [2.75, 3.05) is 11.9 Å². The minimum Gasteiger partial charge on any atom is -0.478 e. The summed E-state index contributed by atoms with van der Waals surface area (Å²) < 4.78 is 0. The molecule has 0 unspecified atom stereocenters. The number of aromatic nitrogens is 2. The molecule has 0 aliphatic heterocycles. The Morgan fingerprint density at radius 2 is 1.89 bits per heavy atom. The number of carboxylic acid groups (broad SMARTS) is 1. The smallest absolute Gasteiger partial charge is 0.335 e. The maximum atomic E-state index is 11.3. The van der Waals surface area contributed by atoms with Crippen molar-refractivity contribution in [3.63, 3.8) is 0 Å². The number of anilines is 1. The maximum absolute atomic E-state index is 11.3. The summed E-state index contributed by atoms with van der Waals surface area (Å²) in [5, 5.41) is 11.2. The topological polar surface area (TPSA) is 69.2 Å². The lowest BCUT2D eigenvalue weighted by atomic mass is 10.0. The first-order chi connectivity index (χ1) is 12.9. The molecule has 0 radical (unpaired) electrons. The third kappa shape index (κ3) is 3.01. The number of aromatic carboxylic acids is 1. The fourth-order valence-electron chi connectivity index (χ4n) is 3.26. The number of rotatable bonds is 4. The number of pyridine rings is 1. The van der Waals surface area contributed by atoms with Gasteiger partial charge in [0.2, 0.25) is 0 Å².